The summed E-state index contributed by atoms with van der Waals surface area (Å²) in [6, 6.07) is 1.95. The lowest BCUT2D eigenvalue weighted by atomic mass is 9.94. The number of hydrogen-bond acceptors (Lipinski definition) is 5. The number of urea groups is 1. The summed E-state index contributed by atoms with van der Waals surface area (Å²) < 4.78 is 52.1. The van der Waals surface area contributed by atoms with Gasteiger partial charge in [0.05, 0.1) is 14.2 Å². The second-order valence-corrected chi connectivity index (χ2v) is 7.17. The molecule has 1 atom stereocenters. The number of halogens is 3. The van der Waals surface area contributed by atoms with Crippen LogP contribution in [0, 0.1) is 0 Å². The van der Waals surface area contributed by atoms with Gasteiger partial charge in [0.2, 0.25) is 0 Å². The highest BCUT2D eigenvalue weighted by atomic mass is 19.4. The average Bonchev–Trinajstić information content (AvgIpc) is 2.98. The average molecular weight is 429 g/mol. The standard InChI is InChI=1S/C19H22F3N3O5/c1-29-13-9-8-11(10-14(13)30-2)15(26)23-18(19(20,21)22)16(27)25(17(28)24-18)12-6-4-3-5-7-12/h8-10,12H,3-7H2,1-2H3,(H,23,26)(H,24,28)/t18-/m1/s1. The van der Waals surface area contributed by atoms with E-state index in [1.807, 2.05) is 0 Å². The van der Waals surface area contributed by atoms with E-state index in [9.17, 15) is 27.6 Å². The second kappa shape index (κ2) is 8.04. The molecule has 2 aliphatic rings. The van der Waals surface area contributed by atoms with Crippen LogP contribution < -0.4 is 20.1 Å². The topological polar surface area (TPSA) is 97.0 Å². The first-order chi connectivity index (χ1) is 14.1. The van der Waals surface area contributed by atoms with Gasteiger partial charge in [-0.15, -0.1) is 0 Å². The summed E-state index contributed by atoms with van der Waals surface area (Å²) in [5, 5.41) is 3.38. The molecule has 164 valence electrons. The normalized spacial score (nSPS) is 22.6. The highest BCUT2D eigenvalue weighted by Gasteiger charge is 2.69. The molecule has 1 aliphatic heterocycles. The molecule has 2 N–H and O–H groups in total. The number of rotatable bonds is 5. The van der Waals surface area contributed by atoms with Crippen molar-refractivity contribution in [1.29, 1.82) is 0 Å². The summed E-state index contributed by atoms with van der Waals surface area (Å²) in [5.41, 5.74) is -3.74. The Morgan fingerprint density at radius 2 is 1.77 bits per heavy atom. The fourth-order valence-electron chi connectivity index (χ4n) is 3.79. The van der Waals surface area contributed by atoms with Crippen molar-refractivity contribution in [2.75, 3.05) is 14.2 Å². The van der Waals surface area contributed by atoms with Crippen LogP contribution in [0.15, 0.2) is 18.2 Å². The molecule has 11 heteroatoms. The molecule has 1 aromatic carbocycles. The van der Waals surface area contributed by atoms with E-state index >= 15 is 0 Å². The van der Waals surface area contributed by atoms with Crippen molar-refractivity contribution in [3.05, 3.63) is 23.8 Å². The van der Waals surface area contributed by atoms with Gasteiger partial charge in [0.1, 0.15) is 0 Å². The quantitative estimate of drug-likeness (QED) is 0.702. The molecule has 1 aliphatic carbocycles. The molecular weight excluding hydrogens is 407 g/mol. The minimum absolute atomic E-state index is 0.122. The Bertz CT molecular complexity index is 854. The number of carbonyl (C=O) groups excluding carboxylic acids is 3. The van der Waals surface area contributed by atoms with E-state index in [0.29, 0.717) is 30.6 Å². The third-order valence-corrected chi connectivity index (χ3v) is 5.36. The van der Waals surface area contributed by atoms with E-state index < -0.39 is 35.7 Å². The lowest BCUT2D eigenvalue weighted by Crippen LogP contribution is -2.69. The predicted octanol–water partition coefficient (Wildman–Crippen LogP) is 2.58. The number of alkyl halides is 3. The van der Waals surface area contributed by atoms with Gasteiger partial charge in [0.15, 0.2) is 11.5 Å². The summed E-state index contributed by atoms with van der Waals surface area (Å²) >= 11 is 0. The number of imide groups is 1. The smallest absolute Gasteiger partial charge is 0.440 e. The monoisotopic (exact) mass is 429 g/mol. The number of ether oxygens (including phenoxy) is 2. The molecule has 1 saturated carbocycles. The van der Waals surface area contributed by atoms with Crippen molar-refractivity contribution < 1.29 is 37.0 Å². The van der Waals surface area contributed by atoms with Crippen molar-refractivity contribution in [3.8, 4) is 11.5 Å². The minimum Gasteiger partial charge on any atom is -0.493 e. The van der Waals surface area contributed by atoms with Gasteiger partial charge in [0, 0.05) is 11.6 Å². The third kappa shape index (κ3) is 3.63. The lowest BCUT2D eigenvalue weighted by molar-refractivity contribution is -0.200. The summed E-state index contributed by atoms with van der Waals surface area (Å²) in [7, 11) is 2.67. The third-order valence-electron chi connectivity index (χ3n) is 5.36. The molecule has 3 rings (SSSR count). The van der Waals surface area contributed by atoms with E-state index in [2.05, 4.69) is 0 Å². The van der Waals surface area contributed by atoms with Gasteiger partial charge in [-0.2, -0.15) is 13.2 Å². The lowest BCUT2D eigenvalue weighted by Gasteiger charge is -2.32. The Labute approximate surface area is 170 Å². The maximum Gasteiger partial charge on any atom is 0.440 e. The number of nitrogens with one attached hydrogen (secondary N) is 2. The maximum atomic E-state index is 14.0. The summed E-state index contributed by atoms with van der Waals surface area (Å²) in [5.74, 6) is -2.33. The van der Waals surface area contributed by atoms with E-state index in [1.165, 1.54) is 32.4 Å². The number of hydrogen-bond donors (Lipinski definition) is 2. The largest absolute Gasteiger partial charge is 0.493 e. The van der Waals surface area contributed by atoms with E-state index in [4.69, 9.17) is 9.47 Å². The molecule has 2 fully saturated rings. The number of methoxy groups -OCH3 is 2. The molecule has 0 spiro atoms. The van der Waals surface area contributed by atoms with E-state index in [-0.39, 0.29) is 17.1 Å². The first kappa shape index (κ1) is 21.7. The van der Waals surface area contributed by atoms with Gasteiger partial charge in [-0.3, -0.25) is 19.8 Å². The minimum atomic E-state index is -5.25. The predicted molar refractivity (Wildman–Crippen MR) is 98.0 cm³/mol. The van der Waals surface area contributed by atoms with Crippen molar-refractivity contribution in [1.82, 2.24) is 15.5 Å². The van der Waals surface area contributed by atoms with Gasteiger partial charge < -0.3 is 14.8 Å². The van der Waals surface area contributed by atoms with Crippen LogP contribution in [0.4, 0.5) is 18.0 Å². The van der Waals surface area contributed by atoms with Gasteiger partial charge in [0.25, 0.3) is 17.5 Å². The maximum absolute atomic E-state index is 14.0. The van der Waals surface area contributed by atoms with Crippen molar-refractivity contribution in [2.45, 2.75) is 50.0 Å². The SMILES string of the molecule is COc1ccc(C(=O)N[C@@]2(C(F)(F)F)NC(=O)N(C3CCCCC3)C2=O)cc1OC. The van der Waals surface area contributed by atoms with Gasteiger partial charge in [-0.25, -0.2) is 4.79 Å². The van der Waals surface area contributed by atoms with Crippen LogP contribution in [0.25, 0.3) is 0 Å². The molecule has 0 radical (unpaired) electrons. The van der Waals surface area contributed by atoms with Crippen LogP contribution in [0.3, 0.4) is 0 Å². The molecule has 30 heavy (non-hydrogen) atoms. The zero-order chi connectivity index (χ0) is 22.1. The van der Waals surface area contributed by atoms with E-state index in [0.717, 1.165) is 6.42 Å². The molecule has 4 amide bonds. The zero-order valence-corrected chi connectivity index (χ0v) is 16.5. The molecule has 1 saturated heterocycles. The van der Waals surface area contributed by atoms with Crippen LogP contribution in [0.5, 0.6) is 11.5 Å². The van der Waals surface area contributed by atoms with Crippen LogP contribution in [0.1, 0.15) is 42.5 Å². The molecule has 8 nitrogen and oxygen atoms in total. The number of amides is 4. The fraction of sp³-hybridized carbons (Fsp3) is 0.526. The van der Waals surface area contributed by atoms with Gasteiger partial charge in [-0.05, 0) is 31.0 Å². The van der Waals surface area contributed by atoms with Crippen LogP contribution >= 0.6 is 0 Å². The van der Waals surface area contributed by atoms with E-state index in [1.54, 1.807) is 10.6 Å². The first-order valence-corrected chi connectivity index (χ1v) is 9.41. The van der Waals surface area contributed by atoms with Crippen LogP contribution in [-0.4, -0.2) is 54.8 Å². The molecule has 0 aromatic heterocycles. The zero-order valence-electron chi connectivity index (χ0n) is 16.5. The second-order valence-electron chi connectivity index (χ2n) is 7.17. The summed E-state index contributed by atoms with van der Waals surface area (Å²) in [6.07, 6.45) is -2.10. The highest BCUT2D eigenvalue weighted by molar-refractivity contribution is 6.10. The van der Waals surface area contributed by atoms with Crippen LogP contribution in [0.2, 0.25) is 0 Å². The Hall–Kier alpha value is -2.98. The first-order valence-electron chi connectivity index (χ1n) is 9.41. The molecule has 1 heterocycles. The number of nitrogens with zero attached hydrogens (tertiary/aromatic N) is 1. The molecule has 1 aromatic rings. The Kier molecular flexibility index (Phi) is 5.82. The molecular formula is C19H22F3N3O5. The van der Waals surface area contributed by atoms with Crippen molar-refractivity contribution >= 4 is 17.8 Å². The van der Waals surface area contributed by atoms with Gasteiger partial charge >= 0.3 is 12.2 Å². The molecule has 0 bridgehead atoms. The highest BCUT2D eigenvalue weighted by Crippen LogP contribution is 2.37. The van der Waals surface area contributed by atoms with Crippen molar-refractivity contribution in [3.63, 3.8) is 0 Å². The molecule has 0 unspecified atom stereocenters. The Morgan fingerprint density at radius 1 is 1.13 bits per heavy atom. The summed E-state index contributed by atoms with van der Waals surface area (Å²) in [4.78, 5) is 38.4. The van der Waals surface area contributed by atoms with Gasteiger partial charge in [-0.1, -0.05) is 19.3 Å². The number of benzene rings is 1. The Balaban J connectivity index is 1.92. The Morgan fingerprint density at radius 3 is 2.33 bits per heavy atom. The van der Waals surface area contributed by atoms with Crippen LogP contribution in [-0.2, 0) is 4.79 Å². The number of carbonyl (C=O) groups is 3. The summed E-state index contributed by atoms with van der Waals surface area (Å²) in [6.45, 7) is 0. The van der Waals surface area contributed by atoms with Crippen molar-refractivity contribution in [2.24, 2.45) is 0 Å². The fourth-order valence-corrected chi connectivity index (χ4v) is 3.79.